The number of benzene rings is 2. The summed E-state index contributed by atoms with van der Waals surface area (Å²) in [6.45, 7) is 7.75. The zero-order valence-electron chi connectivity index (χ0n) is 16.2. The molecule has 1 amide bonds. The highest BCUT2D eigenvalue weighted by atomic mass is 32.2. The molecule has 0 saturated heterocycles. The molecule has 0 unspecified atom stereocenters. The summed E-state index contributed by atoms with van der Waals surface area (Å²) < 4.78 is 14.4. The number of hydrogen-bond acceptors (Lipinski definition) is 5. The molecule has 0 fully saturated rings. The molecule has 146 valence electrons. The predicted octanol–water partition coefficient (Wildman–Crippen LogP) is 3.84. The van der Waals surface area contributed by atoms with Crippen molar-refractivity contribution < 1.29 is 9.18 Å². The van der Waals surface area contributed by atoms with E-state index in [1.807, 2.05) is 32.9 Å². The molecular formula is C20H22FN5OS. The van der Waals surface area contributed by atoms with Crippen LogP contribution in [-0.4, -0.2) is 26.0 Å². The molecule has 0 spiro atoms. The Morgan fingerprint density at radius 3 is 2.36 bits per heavy atom. The van der Waals surface area contributed by atoms with Crippen LogP contribution in [0.4, 0.5) is 10.1 Å². The average Bonchev–Trinajstić information content (AvgIpc) is 2.99. The van der Waals surface area contributed by atoms with Gasteiger partial charge in [0.1, 0.15) is 5.82 Å². The Labute approximate surface area is 167 Å². The Balaban J connectivity index is 1.74. The highest BCUT2D eigenvalue weighted by Crippen LogP contribution is 2.27. The molecule has 0 aliphatic rings. The van der Waals surface area contributed by atoms with Gasteiger partial charge in [0.25, 0.3) is 0 Å². The van der Waals surface area contributed by atoms with Gasteiger partial charge in [-0.25, -0.2) is 9.07 Å². The maximum absolute atomic E-state index is 13.1. The normalized spacial score (nSPS) is 12.0. The monoisotopic (exact) mass is 399 g/mol. The van der Waals surface area contributed by atoms with Gasteiger partial charge < -0.3 is 11.2 Å². The van der Waals surface area contributed by atoms with Crippen molar-refractivity contribution in [3.8, 4) is 11.4 Å². The number of nitrogens with one attached hydrogen (secondary N) is 1. The summed E-state index contributed by atoms with van der Waals surface area (Å²) in [4.78, 5) is 12.7. The molecule has 1 atom stereocenters. The van der Waals surface area contributed by atoms with E-state index in [1.54, 1.807) is 19.1 Å². The number of anilines is 1. The van der Waals surface area contributed by atoms with Crippen molar-refractivity contribution >= 4 is 23.4 Å². The van der Waals surface area contributed by atoms with E-state index < -0.39 is 5.25 Å². The van der Waals surface area contributed by atoms with E-state index in [2.05, 4.69) is 15.5 Å². The van der Waals surface area contributed by atoms with Crippen LogP contribution in [0.25, 0.3) is 11.4 Å². The van der Waals surface area contributed by atoms with Gasteiger partial charge in [-0.05, 0) is 63.1 Å². The highest BCUT2D eigenvalue weighted by Gasteiger charge is 2.21. The molecule has 1 heterocycles. The second-order valence-corrected chi connectivity index (χ2v) is 8.01. The zero-order chi connectivity index (χ0) is 20.4. The zero-order valence-corrected chi connectivity index (χ0v) is 17.0. The summed E-state index contributed by atoms with van der Waals surface area (Å²) >= 11 is 1.21. The Bertz CT molecular complexity index is 993. The van der Waals surface area contributed by atoms with Gasteiger partial charge in [0.05, 0.1) is 5.25 Å². The summed E-state index contributed by atoms with van der Waals surface area (Å²) in [5.74, 6) is 6.00. The van der Waals surface area contributed by atoms with Crippen LogP contribution in [0, 0.1) is 26.6 Å². The van der Waals surface area contributed by atoms with Crippen molar-refractivity contribution in [2.75, 3.05) is 11.2 Å². The van der Waals surface area contributed by atoms with Gasteiger partial charge in [-0.2, -0.15) is 0 Å². The molecule has 0 aliphatic carbocycles. The summed E-state index contributed by atoms with van der Waals surface area (Å²) in [6.07, 6.45) is 0. The van der Waals surface area contributed by atoms with Crippen LogP contribution >= 0.6 is 11.8 Å². The summed E-state index contributed by atoms with van der Waals surface area (Å²) in [7, 11) is 0. The number of nitrogens with two attached hydrogens (primary N) is 1. The molecule has 0 saturated carbocycles. The fourth-order valence-electron chi connectivity index (χ4n) is 2.97. The van der Waals surface area contributed by atoms with Crippen molar-refractivity contribution in [2.24, 2.45) is 0 Å². The van der Waals surface area contributed by atoms with E-state index in [1.165, 1.54) is 28.6 Å². The molecule has 2 aromatic carbocycles. The number of halogens is 1. The number of aromatic nitrogens is 3. The fourth-order valence-corrected chi connectivity index (χ4v) is 3.74. The van der Waals surface area contributed by atoms with Crippen molar-refractivity contribution in [3.63, 3.8) is 0 Å². The third-order valence-corrected chi connectivity index (χ3v) is 5.40. The van der Waals surface area contributed by atoms with Crippen LogP contribution in [0.15, 0.2) is 41.6 Å². The van der Waals surface area contributed by atoms with Gasteiger partial charge >= 0.3 is 0 Å². The first-order valence-electron chi connectivity index (χ1n) is 8.78. The van der Waals surface area contributed by atoms with Crippen LogP contribution in [0.1, 0.15) is 23.6 Å². The number of rotatable bonds is 5. The molecule has 3 aromatic rings. The fraction of sp³-hybridized carbons (Fsp3) is 0.250. The minimum Gasteiger partial charge on any atom is -0.335 e. The van der Waals surface area contributed by atoms with E-state index in [0.29, 0.717) is 16.5 Å². The Kier molecular flexibility index (Phi) is 5.69. The molecule has 3 rings (SSSR count). The molecular weight excluding hydrogens is 377 g/mol. The largest absolute Gasteiger partial charge is 0.335 e. The van der Waals surface area contributed by atoms with Crippen LogP contribution in [0.2, 0.25) is 0 Å². The van der Waals surface area contributed by atoms with Crippen LogP contribution in [-0.2, 0) is 4.79 Å². The molecule has 28 heavy (non-hydrogen) atoms. The predicted molar refractivity (Wildman–Crippen MR) is 110 cm³/mol. The van der Waals surface area contributed by atoms with E-state index in [0.717, 1.165) is 22.4 Å². The first kappa shape index (κ1) is 19.9. The van der Waals surface area contributed by atoms with Crippen molar-refractivity contribution in [1.82, 2.24) is 14.9 Å². The van der Waals surface area contributed by atoms with Crippen LogP contribution in [0.3, 0.4) is 0 Å². The Morgan fingerprint density at radius 1 is 1.14 bits per heavy atom. The molecule has 8 heteroatoms. The van der Waals surface area contributed by atoms with Crippen molar-refractivity contribution in [1.29, 1.82) is 0 Å². The molecule has 0 bridgehead atoms. The summed E-state index contributed by atoms with van der Waals surface area (Å²) in [5, 5.41) is 11.1. The third-order valence-electron chi connectivity index (χ3n) is 4.34. The summed E-state index contributed by atoms with van der Waals surface area (Å²) in [6, 6.07) is 9.89. The smallest absolute Gasteiger partial charge is 0.237 e. The molecule has 0 radical (unpaired) electrons. The van der Waals surface area contributed by atoms with E-state index in [4.69, 9.17) is 5.84 Å². The maximum atomic E-state index is 13.1. The lowest BCUT2D eigenvalue weighted by molar-refractivity contribution is -0.115. The van der Waals surface area contributed by atoms with Gasteiger partial charge in [0, 0.05) is 11.3 Å². The second-order valence-electron chi connectivity index (χ2n) is 6.71. The van der Waals surface area contributed by atoms with E-state index >= 15 is 0 Å². The van der Waals surface area contributed by atoms with Crippen LogP contribution < -0.4 is 11.2 Å². The maximum Gasteiger partial charge on any atom is 0.237 e. The van der Waals surface area contributed by atoms with Crippen molar-refractivity contribution in [2.45, 2.75) is 38.1 Å². The van der Waals surface area contributed by atoms with Gasteiger partial charge in [0.2, 0.25) is 11.1 Å². The molecule has 3 N–H and O–H groups in total. The van der Waals surface area contributed by atoms with Gasteiger partial charge in [-0.3, -0.25) is 4.79 Å². The molecule has 6 nitrogen and oxygen atoms in total. The standard InChI is InChI=1S/C20H22FN5OS/c1-11-9-12(2)17(13(3)10-11)23-19(27)14(4)28-20-25-24-18(26(20)22)15-5-7-16(21)8-6-15/h5-10,14H,22H2,1-4H3,(H,23,27)/t14-/m0/s1. The number of hydrogen-bond donors (Lipinski definition) is 2. The molecule has 1 aromatic heterocycles. The highest BCUT2D eigenvalue weighted by molar-refractivity contribution is 8.00. The first-order valence-corrected chi connectivity index (χ1v) is 9.66. The van der Waals surface area contributed by atoms with Gasteiger partial charge in [-0.1, -0.05) is 29.5 Å². The number of aryl methyl sites for hydroxylation is 3. The average molecular weight is 399 g/mol. The van der Waals surface area contributed by atoms with Crippen LogP contribution in [0.5, 0.6) is 0 Å². The summed E-state index contributed by atoms with van der Waals surface area (Å²) in [5.41, 5.74) is 4.66. The minimum atomic E-state index is -0.437. The first-order chi connectivity index (χ1) is 13.3. The number of carbonyl (C=O) groups is 1. The number of amides is 1. The lowest BCUT2D eigenvalue weighted by Gasteiger charge is -2.16. The number of carbonyl (C=O) groups excluding carboxylic acids is 1. The van der Waals surface area contributed by atoms with Gasteiger partial charge in [-0.15, -0.1) is 10.2 Å². The van der Waals surface area contributed by atoms with E-state index in [-0.39, 0.29) is 11.7 Å². The minimum absolute atomic E-state index is 0.147. The SMILES string of the molecule is Cc1cc(C)c(NC(=O)[C@H](C)Sc2nnc(-c3ccc(F)cc3)n2N)c(C)c1. The van der Waals surface area contributed by atoms with Crippen molar-refractivity contribution in [3.05, 3.63) is 58.9 Å². The lowest BCUT2D eigenvalue weighted by atomic mass is 10.1. The second kappa shape index (κ2) is 8.02. The number of nitrogen functional groups attached to an aromatic ring is 1. The third kappa shape index (κ3) is 4.17. The van der Waals surface area contributed by atoms with Gasteiger partial charge in [0.15, 0.2) is 5.82 Å². The number of nitrogens with zero attached hydrogens (tertiary/aromatic N) is 3. The molecule has 0 aliphatic heterocycles. The topological polar surface area (TPSA) is 85.8 Å². The quantitative estimate of drug-likeness (QED) is 0.503. The van der Waals surface area contributed by atoms with E-state index in [9.17, 15) is 9.18 Å². The number of thioether (sulfide) groups is 1. The Hall–Kier alpha value is -2.87. The lowest BCUT2D eigenvalue weighted by Crippen LogP contribution is -2.24. The Morgan fingerprint density at radius 2 is 1.75 bits per heavy atom.